The second-order valence-corrected chi connectivity index (χ2v) is 9.64. The molecule has 0 bridgehead atoms. The molecule has 1 aromatic heterocycles. The number of pyridine rings is 1. The Balaban J connectivity index is 1.19. The van der Waals surface area contributed by atoms with Crippen LogP contribution in [0.25, 0.3) is 11.1 Å². The molecule has 2 saturated heterocycles. The number of nitrogens with zero attached hydrogens (tertiary/aromatic N) is 3. The normalized spacial score (nSPS) is 20.1. The zero-order chi connectivity index (χ0) is 24.1. The molecule has 0 aliphatic carbocycles. The number of carbonyl (C=O) groups is 2. The van der Waals surface area contributed by atoms with Crippen LogP contribution >= 0.6 is 0 Å². The van der Waals surface area contributed by atoms with E-state index < -0.39 is 0 Å². The van der Waals surface area contributed by atoms with Crippen molar-refractivity contribution < 1.29 is 9.59 Å². The smallest absolute Gasteiger partial charge is 0.222 e. The largest absolute Gasteiger partial charge is 0.368 e. The quantitative estimate of drug-likeness (QED) is 0.568. The highest BCUT2D eigenvalue weighted by molar-refractivity contribution is 5.80. The molecule has 5 rings (SSSR count). The van der Waals surface area contributed by atoms with E-state index >= 15 is 0 Å². The maximum absolute atomic E-state index is 13.1. The van der Waals surface area contributed by atoms with E-state index in [1.165, 1.54) is 16.7 Å². The number of aromatic nitrogens is 1. The van der Waals surface area contributed by atoms with Crippen LogP contribution in [0.15, 0.2) is 79.1 Å². The van der Waals surface area contributed by atoms with Crippen molar-refractivity contribution in [1.29, 1.82) is 0 Å². The van der Waals surface area contributed by atoms with Crippen molar-refractivity contribution in [3.8, 4) is 11.1 Å². The number of rotatable bonds is 7. The van der Waals surface area contributed by atoms with Crippen LogP contribution in [0.4, 0.5) is 5.69 Å². The molecule has 2 aliphatic rings. The number of anilines is 1. The van der Waals surface area contributed by atoms with E-state index in [2.05, 4.69) is 51.6 Å². The van der Waals surface area contributed by atoms with Gasteiger partial charge in [0.25, 0.3) is 0 Å². The molecular formula is C29H32N4O2. The van der Waals surface area contributed by atoms with E-state index in [0.29, 0.717) is 19.3 Å². The van der Waals surface area contributed by atoms with E-state index in [1.807, 2.05) is 35.2 Å². The first-order chi connectivity index (χ1) is 17.1. The Kier molecular flexibility index (Phi) is 6.80. The molecule has 1 atom stereocenters. The third-order valence-corrected chi connectivity index (χ3v) is 7.32. The van der Waals surface area contributed by atoms with Crippen molar-refractivity contribution >= 4 is 17.5 Å². The Labute approximate surface area is 207 Å². The number of nitrogens with one attached hydrogen (secondary N) is 1. The number of hydrogen-bond donors (Lipinski definition) is 1. The molecule has 0 saturated carbocycles. The van der Waals surface area contributed by atoms with Crippen molar-refractivity contribution in [2.75, 3.05) is 31.1 Å². The number of benzene rings is 2. The van der Waals surface area contributed by atoms with Gasteiger partial charge in [0.2, 0.25) is 11.8 Å². The third kappa shape index (κ3) is 5.53. The Morgan fingerprint density at radius 3 is 2.23 bits per heavy atom. The minimum absolute atomic E-state index is 0.0873. The van der Waals surface area contributed by atoms with Crippen LogP contribution in [0.3, 0.4) is 0 Å². The highest BCUT2D eigenvalue weighted by Crippen LogP contribution is 2.31. The molecule has 2 aromatic carbocycles. The van der Waals surface area contributed by atoms with Crippen LogP contribution in [0.5, 0.6) is 0 Å². The molecule has 3 aromatic rings. The third-order valence-electron chi connectivity index (χ3n) is 7.32. The minimum atomic E-state index is -0.347. The summed E-state index contributed by atoms with van der Waals surface area (Å²) in [4.78, 5) is 33.6. The molecule has 2 amide bonds. The molecule has 2 fully saturated rings. The number of carbonyl (C=O) groups excluding carboxylic acids is 2. The summed E-state index contributed by atoms with van der Waals surface area (Å²) >= 11 is 0. The van der Waals surface area contributed by atoms with Crippen molar-refractivity contribution in [2.45, 2.75) is 37.6 Å². The lowest BCUT2D eigenvalue weighted by atomic mass is 9.84. The highest BCUT2D eigenvalue weighted by Gasteiger charge is 2.38. The van der Waals surface area contributed by atoms with Crippen molar-refractivity contribution in [1.82, 2.24) is 15.2 Å². The minimum Gasteiger partial charge on any atom is -0.368 e. The molecule has 1 unspecified atom stereocenters. The summed E-state index contributed by atoms with van der Waals surface area (Å²) in [7, 11) is 0. The Bertz CT molecular complexity index is 1140. The van der Waals surface area contributed by atoms with Crippen molar-refractivity contribution in [3.05, 3.63) is 84.7 Å². The molecule has 0 spiro atoms. The predicted molar refractivity (Wildman–Crippen MR) is 138 cm³/mol. The summed E-state index contributed by atoms with van der Waals surface area (Å²) < 4.78 is 0. The molecule has 0 radical (unpaired) electrons. The average Bonchev–Trinajstić information content (AvgIpc) is 3.29. The first-order valence-corrected chi connectivity index (χ1v) is 12.5. The molecule has 6 heteroatoms. The number of amides is 2. The van der Waals surface area contributed by atoms with Crippen LogP contribution in [-0.2, 0) is 16.0 Å². The number of hydrogen-bond acceptors (Lipinski definition) is 4. The van der Waals surface area contributed by atoms with Gasteiger partial charge in [-0.3, -0.25) is 14.6 Å². The van der Waals surface area contributed by atoms with Gasteiger partial charge < -0.3 is 15.1 Å². The topological polar surface area (TPSA) is 65.5 Å². The Morgan fingerprint density at radius 1 is 0.886 bits per heavy atom. The maximum atomic E-state index is 13.1. The van der Waals surface area contributed by atoms with E-state index in [4.69, 9.17) is 0 Å². The summed E-state index contributed by atoms with van der Waals surface area (Å²) in [6, 6.07) is 22.9. The predicted octanol–water partition coefficient (Wildman–Crippen LogP) is 4.07. The van der Waals surface area contributed by atoms with Crippen LogP contribution in [0.1, 0.15) is 31.2 Å². The summed E-state index contributed by atoms with van der Waals surface area (Å²) in [6.07, 6.45) is 6.78. The second kappa shape index (κ2) is 10.3. The fourth-order valence-electron chi connectivity index (χ4n) is 5.29. The van der Waals surface area contributed by atoms with E-state index in [0.717, 1.165) is 44.7 Å². The lowest BCUT2D eigenvalue weighted by Gasteiger charge is -2.37. The van der Waals surface area contributed by atoms with E-state index in [-0.39, 0.29) is 17.4 Å². The van der Waals surface area contributed by atoms with Gasteiger partial charge in [-0.1, -0.05) is 54.6 Å². The first kappa shape index (κ1) is 23.1. The van der Waals surface area contributed by atoms with Crippen LogP contribution in [-0.4, -0.2) is 53.4 Å². The monoisotopic (exact) mass is 468 g/mol. The highest BCUT2D eigenvalue weighted by atomic mass is 16.2. The van der Waals surface area contributed by atoms with Gasteiger partial charge in [0.15, 0.2) is 0 Å². The Morgan fingerprint density at radius 2 is 1.57 bits per heavy atom. The molecule has 2 aliphatic heterocycles. The molecule has 35 heavy (non-hydrogen) atoms. The van der Waals surface area contributed by atoms with E-state index in [9.17, 15) is 9.59 Å². The summed E-state index contributed by atoms with van der Waals surface area (Å²) in [6.45, 7) is 3.10. The summed E-state index contributed by atoms with van der Waals surface area (Å²) in [5, 5.41) is 3.23. The molecule has 1 N–H and O–H groups in total. The van der Waals surface area contributed by atoms with Crippen LogP contribution < -0.4 is 10.2 Å². The second-order valence-electron chi connectivity index (χ2n) is 9.64. The fourth-order valence-corrected chi connectivity index (χ4v) is 5.29. The molecular weight excluding hydrogens is 436 g/mol. The molecule has 180 valence electrons. The summed E-state index contributed by atoms with van der Waals surface area (Å²) in [5.74, 6) is 0.267. The summed E-state index contributed by atoms with van der Waals surface area (Å²) in [5.41, 5.74) is 4.36. The fraction of sp³-hybridized carbons (Fsp3) is 0.345. The first-order valence-electron chi connectivity index (χ1n) is 12.5. The number of piperazine rings is 1. The van der Waals surface area contributed by atoms with Gasteiger partial charge in [0.05, 0.1) is 0 Å². The van der Waals surface area contributed by atoms with Crippen molar-refractivity contribution in [3.63, 3.8) is 0 Å². The molecule has 6 nitrogen and oxygen atoms in total. The van der Waals surface area contributed by atoms with Gasteiger partial charge in [0.1, 0.15) is 0 Å². The van der Waals surface area contributed by atoms with Gasteiger partial charge in [0, 0.05) is 62.6 Å². The standard InChI is InChI=1S/C29H32N4O2/c34-27-10-14-29(31-27,22-23-6-8-25(9-7-23)24-4-2-1-3-5-24)15-11-28(35)33-20-18-32(19-21-33)26-12-16-30-17-13-26/h1-9,12-13,16-17H,10-11,14-15,18-22H2,(H,31,34). The van der Waals surface area contributed by atoms with Gasteiger partial charge in [-0.2, -0.15) is 0 Å². The lowest BCUT2D eigenvalue weighted by Crippen LogP contribution is -2.50. The average molecular weight is 469 g/mol. The van der Waals surface area contributed by atoms with Crippen LogP contribution in [0, 0.1) is 0 Å². The van der Waals surface area contributed by atoms with Gasteiger partial charge in [-0.15, -0.1) is 0 Å². The zero-order valence-electron chi connectivity index (χ0n) is 20.0. The van der Waals surface area contributed by atoms with E-state index in [1.54, 1.807) is 12.4 Å². The van der Waals surface area contributed by atoms with Gasteiger partial charge in [-0.25, -0.2) is 0 Å². The zero-order valence-corrected chi connectivity index (χ0v) is 20.0. The Hall–Kier alpha value is -3.67. The van der Waals surface area contributed by atoms with Gasteiger partial charge in [-0.05, 0) is 48.1 Å². The lowest BCUT2D eigenvalue weighted by molar-refractivity contribution is -0.132. The SMILES string of the molecule is O=C1CCC(CCC(=O)N2CCN(c3ccncc3)CC2)(Cc2ccc(-c3ccccc3)cc2)N1. The molecule has 3 heterocycles. The van der Waals surface area contributed by atoms with Crippen LogP contribution in [0.2, 0.25) is 0 Å². The van der Waals surface area contributed by atoms with Gasteiger partial charge >= 0.3 is 0 Å². The van der Waals surface area contributed by atoms with Crippen molar-refractivity contribution in [2.24, 2.45) is 0 Å². The maximum Gasteiger partial charge on any atom is 0.222 e.